The molecule has 0 bridgehead atoms. The Morgan fingerprint density at radius 3 is 2.75 bits per heavy atom. The summed E-state index contributed by atoms with van der Waals surface area (Å²) in [7, 11) is 0. The molecule has 1 N–H and O–H groups in total. The summed E-state index contributed by atoms with van der Waals surface area (Å²) in [6, 6.07) is 10.4. The van der Waals surface area contributed by atoms with Crippen molar-refractivity contribution in [3.05, 3.63) is 53.6 Å². The predicted molar refractivity (Wildman–Crippen MR) is 95.8 cm³/mol. The Kier molecular flexibility index (Phi) is 5.68. The second-order valence-electron chi connectivity index (χ2n) is 6.84. The molecule has 2 aromatic rings. The van der Waals surface area contributed by atoms with Crippen LogP contribution in [0.5, 0.6) is 0 Å². The van der Waals surface area contributed by atoms with Gasteiger partial charge in [-0.3, -0.25) is 4.79 Å². The Labute approximate surface area is 144 Å². The summed E-state index contributed by atoms with van der Waals surface area (Å²) >= 11 is 0. The van der Waals surface area contributed by atoms with Crippen molar-refractivity contribution >= 4 is 5.91 Å². The van der Waals surface area contributed by atoms with E-state index in [1.165, 1.54) is 31.2 Å². The van der Waals surface area contributed by atoms with Crippen molar-refractivity contribution < 1.29 is 4.79 Å². The second-order valence-corrected chi connectivity index (χ2v) is 6.84. The zero-order valence-electron chi connectivity index (χ0n) is 14.5. The molecule has 128 valence electrons. The van der Waals surface area contributed by atoms with E-state index < -0.39 is 0 Å². The molecule has 0 atom stereocenters. The molecule has 4 nitrogen and oxygen atoms in total. The van der Waals surface area contributed by atoms with Crippen LogP contribution in [0.15, 0.2) is 36.5 Å². The molecule has 4 heteroatoms. The van der Waals surface area contributed by atoms with Crippen LogP contribution in [0.2, 0.25) is 0 Å². The fourth-order valence-electron chi connectivity index (χ4n) is 3.55. The van der Waals surface area contributed by atoms with E-state index >= 15 is 0 Å². The zero-order valence-corrected chi connectivity index (χ0v) is 14.5. The van der Waals surface area contributed by atoms with E-state index in [1.54, 1.807) is 0 Å². The lowest BCUT2D eigenvalue weighted by Gasteiger charge is -2.12. The van der Waals surface area contributed by atoms with Crippen molar-refractivity contribution in [2.45, 2.75) is 52.0 Å². The van der Waals surface area contributed by atoms with Crippen LogP contribution in [0.1, 0.15) is 49.2 Å². The van der Waals surface area contributed by atoms with Gasteiger partial charge in [0.15, 0.2) is 0 Å². The SMILES string of the molecule is Cc1cnc(CCNC(=O)CC2CCCC2)n1Cc1ccccc1. The lowest BCUT2D eigenvalue weighted by molar-refractivity contribution is -0.121. The van der Waals surface area contributed by atoms with E-state index in [4.69, 9.17) is 0 Å². The minimum atomic E-state index is 0.194. The Hall–Kier alpha value is -2.10. The third-order valence-electron chi connectivity index (χ3n) is 4.94. The van der Waals surface area contributed by atoms with Crippen LogP contribution in [0, 0.1) is 12.8 Å². The average molecular weight is 325 g/mol. The molecule has 1 aliphatic carbocycles. The van der Waals surface area contributed by atoms with Gasteiger partial charge in [-0.25, -0.2) is 4.98 Å². The number of nitrogens with zero attached hydrogens (tertiary/aromatic N) is 2. The lowest BCUT2D eigenvalue weighted by atomic mass is 10.0. The van der Waals surface area contributed by atoms with Gasteiger partial charge in [0.1, 0.15) is 5.82 Å². The van der Waals surface area contributed by atoms with Crippen LogP contribution < -0.4 is 5.32 Å². The van der Waals surface area contributed by atoms with Crippen molar-refractivity contribution in [2.24, 2.45) is 5.92 Å². The number of hydrogen-bond donors (Lipinski definition) is 1. The van der Waals surface area contributed by atoms with E-state index in [-0.39, 0.29) is 5.91 Å². The fourth-order valence-corrected chi connectivity index (χ4v) is 3.55. The molecule has 1 aliphatic rings. The van der Waals surface area contributed by atoms with Gasteiger partial charge in [-0.15, -0.1) is 0 Å². The molecule has 24 heavy (non-hydrogen) atoms. The van der Waals surface area contributed by atoms with Crippen LogP contribution >= 0.6 is 0 Å². The molecule has 3 rings (SSSR count). The number of nitrogens with one attached hydrogen (secondary N) is 1. The lowest BCUT2D eigenvalue weighted by Crippen LogP contribution is -2.28. The molecular formula is C20H27N3O. The van der Waals surface area contributed by atoms with Crippen molar-refractivity contribution in [3.8, 4) is 0 Å². The van der Waals surface area contributed by atoms with Gasteiger partial charge in [-0.05, 0) is 31.2 Å². The quantitative estimate of drug-likeness (QED) is 0.847. The van der Waals surface area contributed by atoms with E-state index in [1.807, 2.05) is 12.3 Å². The number of carbonyl (C=O) groups excluding carboxylic acids is 1. The molecule has 1 amide bonds. The first-order valence-corrected chi connectivity index (χ1v) is 9.04. The predicted octanol–water partition coefficient (Wildman–Crippen LogP) is 3.48. The van der Waals surface area contributed by atoms with Crippen LogP contribution in [-0.2, 0) is 17.8 Å². The summed E-state index contributed by atoms with van der Waals surface area (Å²) < 4.78 is 2.23. The highest BCUT2D eigenvalue weighted by Gasteiger charge is 2.18. The summed E-state index contributed by atoms with van der Waals surface area (Å²) in [4.78, 5) is 16.6. The summed E-state index contributed by atoms with van der Waals surface area (Å²) in [5.74, 6) is 1.84. The van der Waals surface area contributed by atoms with Gasteiger partial charge >= 0.3 is 0 Å². The summed E-state index contributed by atoms with van der Waals surface area (Å²) in [6.45, 7) is 3.58. The third kappa shape index (κ3) is 4.47. The maximum atomic E-state index is 12.0. The number of hydrogen-bond acceptors (Lipinski definition) is 2. The van der Waals surface area contributed by atoms with E-state index in [0.717, 1.165) is 24.5 Å². The van der Waals surface area contributed by atoms with Gasteiger partial charge in [0.05, 0.1) is 0 Å². The van der Waals surface area contributed by atoms with Gasteiger partial charge < -0.3 is 9.88 Å². The largest absolute Gasteiger partial charge is 0.356 e. The molecule has 1 heterocycles. The molecule has 1 saturated carbocycles. The van der Waals surface area contributed by atoms with Gasteiger partial charge in [0.2, 0.25) is 5.91 Å². The summed E-state index contributed by atoms with van der Waals surface area (Å²) in [6.07, 6.45) is 8.39. The Morgan fingerprint density at radius 1 is 1.25 bits per heavy atom. The van der Waals surface area contributed by atoms with Gasteiger partial charge in [0.25, 0.3) is 0 Å². The molecule has 0 radical (unpaired) electrons. The van der Waals surface area contributed by atoms with Crippen LogP contribution in [0.4, 0.5) is 0 Å². The molecule has 0 saturated heterocycles. The van der Waals surface area contributed by atoms with Crippen molar-refractivity contribution in [3.63, 3.8) is 0 Å². The Balaban J connectivity index is 1.51. The molecule has 0 aliphatic heterocycles. The monoisotopic (exact) mass is 325 g/mol. The highest BCUT2D eigenvalue weighted by molar-refractivity contribution is 5.76. The van der Waals surface area contributed by atoms with E-state index in [9.17, 15) is 4.79 Å². The third-order valence-corrected chi connectivity index (χ3v) is 4.94. The highest BCUT2D eigenvalue weighted by atomic mass is 16.1. The van der Waals surface area contributed by atoms with Gasteiger partial charge in [-0.2, -0.15) is 0 Å². The Bertz CT molecular complexity index is 657. The van der Waals surface area contributed by atoms with Gasteiger partial charge in [-0.1, -0.05) is 43.2 Å². The molecule has 0 spiro atoms. The topological polar surface area (TPSA) is 46.9 Å². The number of benzene rings is 1. The minimum Gasteiger partial charge on any atom is -0.356 e. The van der Waals surface area contributed by atoms with Crippen LogP contribution in [-0.4, -0.2) is 22.0 Å². The van der Waals surface area contributed by atoms with Crippen molar-refractivity contribution in [1.82, 2.24) is 14.9 Å². The fraction of sp³-hybridized carbons (Fsp3) is 0.500. The number of aromatic nitrogens is 2. The number of rotatable bonds is 7. The van der Waals surface area contributed by atoms with E-state index in [0.29, 0.717) is 18.9 Å². The van der Waals surface area contributed by atoms with E-state index in [2.05, 4.69) is 46.1 Å². The number of aryl methyl sites for hydroxylation is 1. The Morgan fingerprint density at radius 2 is 2.00 bits per heavy atom. The summed E-state index contributed by atoms with van der Waals surface area (Å²) in [5.41, 5.74) is 2.43. The normalized spacial score (nSPS) is 14.9. The first kappa shape index (κ1) is 16.7. The molecule has 0 unspecified atom stereocenters. The standard InChI is InChI=1S/C20H27N3O/c1-16-14-22-19(23(16)15-18-9-3-2-4-10-18)11-12-21-20(24)13-17-7-5-6-8-17/h2-4,9-10,14,17H,5-8,11-13,15H2,1H3,(H,21,24). The van der Waals surface area contributed by atoms with Crippen LogP contribution in [0.25, 0.3) is 0 Å². The maximum absolute atomic E-state index is 12.0. The van der Waals surface area contributed by atoms with Crippen molar-refractivity contribution in [1.29, 1.82) is 0 Å². The number of imidazole rings is 1. The van der Waals surface area contributed by atoms with Gasteiger partial charge in [0, 0.05) is 37.8 Å². The first-order valence-electron chi connectivity index (χ1n) is 9.04. The van der Waals surface area contributed by atoms with Crippen LogP contribution in [0.3, 0.4) is 0 Å². The van der Waals surface area contributed by atoms with Crippen molar-refractivity contribution in [2.75, 3.05) is 6.54 Å². The maximum Gasteiger partial charge on any atom is 0.220 e. The number of amides is 1. The smallest absolute Gasteiger partial charge is 0.220 e. The second kappa shape index (κ2) is 8.13. The molecule has 1 aromatic heterocycles. The average Bonchev–Trinajstić information content (AvgIpc) is 3.20. The first-order chi connectivity index (χ1) is 11.7. The highest BCUT2D eigenvalue weighted by Crippen LogP contribution is 2.27. The molecular weight excluding hydrogens is 298 g/mol. The zero-order chi connectivity index (χ0) is 16.8. The molecule has 1 fully saturated rings. The minimum absolute atomic E-state index is 0.194. The summed E-state index contributed by atoms with van der Waals surface area (Å²) in [5, 5.41) is 3.07. The molecule has 1 aromatic carbocycles. The number of carbonyl (C=O) groups is 1.